The maximum absolute atomic E-state index is 12.4. The lowest BCUT2D eigenvalue weighted by molar-refractivity contribution is -0.125. The Morgan fingerprint density at radius 3 is 2.86 bits per heavy atom. The van der Waals surface area contributed by atoms with Gasteiger partial charge in [-0.2, -0.15) is 0 Å². The van der Waals surface area contributed by atoms with Crippen molar-refractivity contribution in [2.24, 2.45) is 0 Å². The predicted molar refractivity (Wildman–Crippen MR) is 92.3 cm³/mol. The number of hydrogen-bond donors (Lipinski definition) is 2. The van der Waals surface area contributed by atoms with E-state index in [-0.39, 0.29) is 29.9 Å². The molecule has 3 rings (SSSR count). The van der Waals surface area contributed by atoms with Gasteiger partial charge in [0.2, 0.25) is 5.91 Å². The molecule has 6 heteroatoms. The van der Waals surface area contributed by atoms with E-state index in [1.807, 2.05) is 12.1 Å². The van der Waals surface area contributed by atoms with E-state index in [0.29, 0.717) is 13.0 Å². The number of hydrogen-bond acceptors (Lipinski definition) is 3. The van der Waals surface area contributed by atoms with Gasteiger partial charge in [0, 0.05) is 23.5 Å². The van der Waals surface area contributed by atoms with Crippen molar-refractivity contribution < 1.29 is 9.53 Å². The topological polar surface area (TPSA) is 50.4 Å². The molecule has 2 N–H and O–H groups in total. The second-order valence-electron chi connectivity index (χ2n) is 5.92. The van der Waals surface area contributed by atoms with E-state index in [2.05, 4.69) is 38.7 Å². The molecule has 0 aromatic heterocycles. The summed E-state index contributed by atoms with van der Waals surface area (Å²) in [6.45, 7) is 2.19. The fraction of sp³-hybridized carbons (Fsp3) is 0.562. The Balaban J connectivity index is 0.00000176. The van der Waals surface area contributed by atoms with Crippen LogP contribution in [0.2, 0.25) is 0 Å². The number of rotatable bonds is 4. The lowest BCUT2D eigenvalue weighted by atomic mass is 9.71. The Morgan fingerprint density at radius 2 is 2.27 bits per heavy atom. The molecule has 1 amide bonds. The first-order valence-electron chi connectivity index (χ1n) is 7.56. The molecule has 1 aromatic carbocycles. The number of benzene rings is 1. The summed E-state index contributed by atoms with van der Waals surface area (Å²) in [5.74, 6) is 0.109. The van der Waals surface area contributed by atoms with Crippen LogP contribution in [0, 0.1) is 0 Å². The van der Waals surface area contributed by atoms with Gasteiger partial charge < -0.3 is 15.4 Å². The third-order valence-electron chi connectivity index (χ3n) is 4.39. The quantitative estimate of drug-likeness (QED) is 0.832. The molecule has 0 spiro atoms. The highest BCUT2D eigenvalue weighted by molar-refractivity contribution is 9.10. The SMILES string of the molecule is Cl.O=C(CC1COCCN1)NC1(c2cccc(Br)c2)CCC1. The first-order valence-corrected chi connectivity index (χ1v) is 8.35. The van der Waals surface area contributed by atoms with Gasteiger partial charge in [0.25, 0.3) is 0 Å². The number of morpholine rings is 1. The highest BCUT2D eigenvalue weighted by Gasteiger charge is 2.40. The molecule has 1 unspecified atom stereocenters. The molecular formula is C16H22BrClN2O2. The van der Waals surface area contributed by atoms with Gasteiger partial charge in [0.1, 0.15) is 0 Å². The second-order valence-corrected chi connectivity index (χ2v) is 6.84. The molecule has 1 saturated heterocycles. The summed E-state index contributed by atoms with van der Waals surface area (Å²) in [7, 11) is 0. The van der Waals surface area contributed by atoms with Crippen molar-refractivity contribution in [3.63, 3.8) is 0 Å². The molecule has 0 radical (unpaired) electrons. The second kappa shape index (κ2) is 7.77. The van der Waals surface area contributed by atoms with Gasteiger partial charge in [-0.05, 0) is 37.0 Å². The molecule has 4 nitrogen and oxygen atoms in total. The van der Waals surface area contributed by atoms with Crippen molar-refractivity contribution in [2.75, 3.05) is 19.8 Å². The summed E-state index contributed by atoms with van der Waals surface area (Å²) in [4.78, 5) is 12.4. The van der Waals surface area contributed by atoms with Crippen LogP contribution in [0.25, 0.3) is 0 Å². The van der Waals surface area contributed by atoms with E-state index in [1.165, 1.54) is 5.56 Å². The molecular weight excluding hydrogens is 368 g/mol. The number of carbonyl (C=O) groups excluding carboxylic acids is 1. The van der Waals surface area contributed by atoms with Crippen LogP contribution in [0.3, 0.4) is 0 Å². The molecule has 122 valence electrons. The van der Waals surface area contributed by atoms with E-state index in [4.69, 9.17) is 4.74 Å². The zero-order chi connectivity index (χ0) is 14.7. The highest BCUT2D eigenvalue weighted by atomic mass is 79.9. The zero-order valence-electron chi connectivity index (χ0n) is 12.4. The molecule has 2 fully saturated rings. The molecule has 0 bridgehead atoms. The Kier molecular flexibility index (Phi) is 6.26. The van der Waals surface area contributed by atoms with Crippen molar-refractivity contribution in [2.45, 2.75) is 37.3 Å². The minimum atomic E-state index is -0.170. The number of carbonyl (C=O) groups is 1. The normalized spacial score (nSPS) is 23.0. The van der Waals surface area contributed by atoms with E-state index in [1.54, 1.807) is 0 Å². The van der Waals surface area contributed by atoms with Crippen LogP contribution >= 0.6 is 28.3 Å². The summed E-state index contributed by atoms with van der Waals surface area (Å²) in [5.41, 5.74) is 1.03. The molecule has 1 saturated carbocycles. The summed E-state index contributed by atoms with van der Waals surface area (Å²) >= 11 is 3.51. The summed E-state index contributed by atoms with van der Waals surface area (Å²) in [6, 6.07) is 8.40. The maximum Gasteiger partial charge on any atom is 0.222 e. The van der Waals surface area contributed by atoms with E-state index in [9.17, 15) is 4.79 Å². The van der Waals surface area contributed by atoms with Gasteiger partial charge in [-0.3, -0.25) is 4.79 Å². The van der Waals surface area contributed by atoms with Gasteiger partial charge in [-0.15, -0.1) is 12.4 Å². The molecule has 1 heterocycles. The third kappa shape index (κ3) is 4.02. The van der Waals surface area contributed by atoms with Crippen molar-refractivity contribution in [1.29, 1.82) is 0 Å². The van der Waals surface area contributed by atoms with Crippen molar-refractivity contribution in [3.8, 4) is 0 Å². The summed E-state index contributed by atoms with van der Waals surface area (Å²) in [6.07, 6.45) is 3.68. The van der Waals surface area contributed by atoms with Crippen LogP contribution in [0.1, 0.15) is 31.2 Å². The van der Waals surface area contributed by atoms with Crippen LogP contribution in [-0.4, -0.2) is 31.7 Å². The van der Waals surface area contributed by atoms with E-state index in [0.717, 1.165) is 36.9 Å². The van der Waals surface area contributed by atoms with Crippen LogP contribution in [0.5, 0.6) is 0 Å². The number of amides is 1. The Bertz CT molecular complexity index is 517. The van der Waals surface area contributed by atoms with Gasteiger partial charge >= 0.3 is 0 Å². The van der Waals surface area contributed by atoms with E-state index < -0.39 is 0 Å². The van der Waals surface area contributed by atoms with Crippen molar-refractivity contribution in [3.05, 3.63) is 34.3 Å². The van der Waals surface area contributed by atoms with Crippen LogP contribution in [-0.2, 0) is 15.1 Å². The molecule has 1 atom stereocenters. The van der Waals surface area contributed by atoms with Crippen LogP contribution in [0.15, 0.2) is 28.7 Å². The fourth-order valence-corrected chi connectivity index (χ4v) is 3.49. The monoisotopic (exact) mass is 388 g/mol. The van der Waals surface area contributed by atoms with Crippen LogP contribution in [0.4, 0.5) is 0 Å². The van der Waals surface area contributed by atoms with Crippen LogP contribution < -0.4 is 10.6 Å². The average molecular weight is 390 g/mol. The Morgan fingerprint density at radius 1 is 1.45 bits per heavy atom. The lowest BCUT2D eigenvalue weighted by Crippen LogP contribution is -2.53. The molecule has 2 aliphatic rings. The minimum absolute atomic E-state index is 0. The average Bonchev–Trinajstić information content (AvgIpc) is 2.44. The minimum Gasteiger partial charge on any atom is -0.378 e. The number of halogens is 2. The number of nitrogens with one attached hydrogen (secondary N) is 2. The van der Waals surface area contributed by atoms with E-state index >= 15 is 0 Å². The van der Waals surface area contributed by atoms with Gasteiger partial charge in [0.15, 0.2) is 0 Å². The highest BCUT2D eigenvalue weighted by Crippen LogP contribution is 2.42. The molecule has 22 heavy (non-hydrogen) atoms. The first-order chi connectivity index (χ1) is 10.2. The molecule has 1 aliphatic carbocycles. The molecule has 1 aliphatic heterocycles. The number of ether oxygens (including phenoxy) is 1. The first kappa shape index (κ1) is 17.7. The third-order valence-corrected chi connectivity index (χ3v) is 4.89. The Labute approximate surface area is 145 Å². The summed E-state index contributed by atoms with van der Waals surface area (Å²) in [5, 5.41) is 6.59. The largest absolute Gasteiger partial charge is 0.378 e. The fourth-order valence-electron chi connectivity index (χ4n) is 3.09. The Hall–Kier alpha value is -0.620. The molecule has 1 aromatic rings. The smallest absolute Gasteiger partial charge is 0.222 e. The van der Waals surface area contributed by atoms with Crippen molar-refractivity contribution >= 4 is 34.2 Å². The van der Waals surface area contributed by atoms with Gasteiger partial charge in [-0.1, -0.05) is 28.1 Å². The lowest BCUT2D eigenvalue weighted by Gasteiger charge is -2.43. The predicted octanol–water partition coefficient (Wildman–Crippen LogP) is 2.74. The van der Waals surface area contributed by atoms with Gasteiger partial charge in [0.05, 0.1) is 18.8 Å². The van der Waals surface area contributed by atoms with Gasteiger partial charge in [-0.25, -0.2) is 0 Å². The maximum atomic E-state index is 12.4. The zero-order valence-corrected chi connectivity index (χ0v) is 14.8. The van der Waals surface area contributed by atoms with Crippen molar-refractivity contribution in [1.82, 2.24) is 10.6 Å². The summed E-state index contributed by atoms with van der Waals surface area (Å²) < 4.78 is 6.46. The standard InChI is InChI=1S/C16H21BrN2O2.ClH/c17-13-4-1-3-12(9-13)16(5-2-6-16)19-15(20)10-14-11-21-8-7-18-14;/h1,3-4,9,14,18H,2,5-8,10-11H2,(H,19,20);1H.